The molecule has 3 atom stereocenters. The smallest absolute Gasteiger partial charge is 0.303 e. The van der Waals surface area contributed by atoms with Crippen LogP contribution in [0.25, 0.3) is 11.1 Å². The van der Waals surface area contributed by atoms with Gasteiger partial charge in [-0.15, -0.1) is 0 Å². The molecule has 3 N–H and O–H groups in total. The molecule has 0 spiro atoms. The minimum atomic E-state index is -3.84. The van der Waals surface area contributed by atoms with Gasteiger partial charge in [0.15, 0.2) is 0 Å². The number of carbonyl (C=O) groups is 2. The molecule has 0 aliphatic carbocycles. The van der Waals surface area contributed by atoms with Crippen molar-refractivity contribution in [2.75, 3.05) is 23.3 Å². The maximum absolute atomic E-state index is 14.2. The minimum absolute atomic E-state index is 0.123. The molecule has 11 heteroatoms. The van der Waals surface area contributed by atoms with E-state index in [0.29, 0.717) is 42.8 Å². The fourth-order valence-corrected chi connectivity index (χ4v) is 8.33. The van der Waals surface area contributed by atoms with Gasteiger partial charge in [-0.3, -0.25) is 13.9 Å². The summed E-state index contributed by atoms with van der Waals surface area (Å²) >= 11 is 0. The van der Waals surface area contributed by atoms with E-state index in [4.69, 9.17) is 14.6 Å². The molecule has 2 bridgehead atoms. The number of anilines is 2. The summed E-state index contributed by atoms with van der Waals surface area (Å²) < 4.78 is 41.5. The van der Waals surface area contributed by atoms with Crippen molar-refractivity contribution in [3.8, 4) is 11.5 Å². The van der Waals surface area contributed by atoms with Crippen LogP contribution in [0.3, 0.4) is 0 Å². The Hall–Kier alpha value is -4.35. The van der Waals surface area contributed by atoms with Gasteiger partial charge in [0.2, 0.25) is 15.9 Å². The molecule has 0 aromatic heterocycles. The van der Waals surface area contributed by atoms with Crippen LogP contribution in [0.15, 0.2) is 72.8 Å². The predicted octanol–water partition coefficient (Wildman–Crippen LogP) is 6.07. The largest absolute Gasteiger partial charge is 0.508 e. The van der Waals surface area contributed by atoms with Crippen LogP contribution in [0.1, 0.15) is 63.0 Å². The molecular formula is C35H40N2O8S. The predicted molar refractivity (Wildman–Crippen MR) is 177 cm³/mol. The number of benzene rings is 3. The molecule has 1 amide bonds. The van der Waals surface area contributed by atoms with E-state index >= 15 is 0 Å². The van der Waals surface area contributed by atoms with E-state index in [1.807, 2.05) is 24.3 Å². The standard InChI is InChI=1S/C35H40N2O8S/c1-3-37(26-16-20-28(44-2)21-17-26)46(42,43)30-22-29-33(23-12-18-27(38)19-13-23)34(35(30)45-29)24-10-14-25(15-11-24)36-31(39)8-6-4-5-7-9-32(40)41/h10-21,29-30,35,38H,3-9,22H2,1-2H3,(H,36,39)(H,40,41). The molecule has 2 aliphatic heterocycles. The second-order valence-electron chi connectivity index (χ2n) is 11.5. The van der Waals surface area contributed by atoms with E-state index in [1.165, 1.54) is 4.31 Å². The van der Waals surface area contributed by atoms with Gasteiger partial charge in [0.25, 0.3) is 0 Å². The average Bonchev–Trinajstić information content (AvgIpc) is 3.64. The highest BCUT2D eigenvalue weighted by Crippen LogP contribution is 2.51. The first-order valence-corrected chi connectivity index (χ1v) is 17.1. The van der Waals surface area contributed by atoms with E-state index < -0.39 is 33.5 Å². The highest BCUT2D eigenvalue weighted by molar-refractivity contribution is 7.93. The molecule has 46 heavy (non-hydrogen) atoms. The number of aliphatic carboxylic acids is 1. The summed E-state index contributed by atoms with van der Waals surface area (Å²) in [6.45, 7) is 2.06. The SMILES string of the molecule is CCN(c1ccc(OC)cc1)S(=O)(=O)C1CC2OC1C(c1ccc(NC(=O)CCCCCCC(=O)O)cc1)=C2c1ccc(O)cc1. The quantitative estimate of drug-likeness (QED) is 0.169. The molecule has 0 saturated carbocycles. The molecule has 10 nitrogen and oxygen atoms in total. The molecule has 2 aliphatic rings. The van der Waals surface area contributed by atoms with Crippen molar-refractivity contribution in [2.45, 2.75) is 69.3 Å². The molecule has 1 fully saturated rings. The second-order valence-corrected chi connectivity index (χ2v) is 13.6. The Morgan fingerprint density at radius 1 is 0.891 bits per heavy atom. The zero-order valence-electron chi connectivity index (χ0n) is 26.0. The topological polar surface area (TPSA) is 142 Å². The van der Waals surface area contributed by atoms with Crippen molar-refractivity contribution in [2.24, 2.45) is 0 Å². The Morgan fingerprint density at radius 3 is 2.11 bits per heavy atom. The first-order chi connectivity index (χ1) is 22.1. The summed E-state index contributed by atoms with van der Waals surface area (Å²) in [7, 11) is -2.28. The summed E-state index contributed by atoms with van der Waals surface area (Å²) in [5, 5.41) is 20.8. The molecule has 3 aromatic rings. The first-order valence-electron chi connectivity index (χ1n) is 15.6. The fourth-order valence-electron chi connectivity index (χ4n) is 6.29. The van der Waals surface area contributed by atoms with Gasteiger partial charge in [0, 0.05) is 25.1 Å². The fraction of sp³-hybridized carbons (Fsp3) is 0.371. The van der Waals surface area contributed by atoms with Crippen LogP contribution in [0.5, 0.6) is 11.5 Å². The number of nitrogens with one attached hydrogen (secondary N) is 1. The highest BCUT2D eigenvalue weighted by Gasteiger charge is 2.54. The third-order valence-corrected chi connectivity index (χ3v) is 10.8. The van der Waals surface area contributed by atoms with Crippen LogP contribution in [0, 0.1) is 0 Å². The third kappa shape index (κ3) is 7.21. The van der Waals surface area contributed by atoms with Crippen molar-refractivity contribution < 1.29 is 37.7 Å². The Kier molecular flexibility index (Phi) is 10.3. The molecule has 5 rings (SSSR count). The number of carbonyl (C=O) groups excluding carboxylic acids is 1. The first kappa shape index (κ1) is 33.0. The summed E-state index contributed by atoms with van der Waals surface area (Å²) in [5.41, 5.74) is 4.48. The number of unbranched alkanes of at least 4 members (excludes halogenated alkanes) is 3. The van der Waals surface area contributed by atoms with E-state index in [-0.39, 0.29) is 24.6 Å². The lowest BCUT2D eigenvalue weighted by molar-refractivity contribution is -0.137. The van der Waals surface area contributed by atoms with Crippen molar-refractivity contribution in [3.05, 3.63) is 83.9 Å². The van der Waals surface area contributed by atoms with Gasteiger partial charge in [-0.25, -0.2) is 8.42 Å². The zero-order chi connectivity index (χ0) is 32.8. The maximum atomic E-state index is 14.2. The summed E-state index contributed by atoms with van der Waals surface area (Å²) in [6, 6.07) is 21.1. The van der Waals surface area contributed by atoms with Crippen LogP contribution in [-0.4, -0.2) is 61.6 Å². The number of methoxy groups -OCH3 is 1. The Bertz CT molecular complexity index is 1670. The van der Waals surface area contributed by atoms with Crippen LogP contribution in [0.2, 0.25) is 0 Å². The lowest BCUT2D eigenvalue weighted by atomic mass is 9.83. The highest BCUT2D eigenvalue weighted by atomic mass is 32.2. The minimum Gasteiger partial charge on any atom is -0.508 e. The van der Waals surface area contributed by atoms with Crippen molar-refractivity contribution in [3.63, 3.8) is 0 Å². The number of phenolic OH excluding ortho intramolecular Hbond substituents is 1. The van der Waals surface area contributed by atoms with Crippen LogP contribution in [-0.2, 0) is 24.3 Å². The number of fused-ring (bicyclic) bond motifs is 2. The summed E-state index contributed by atoms with van der Waals surface area (Å²) in [5.74, 6) is -0.161. The van der Waals surface area contributed by atoms with E-state index in [2.05, 4.69) is 5.32 Å². The zero-order valence-corrected chi connectivity index (χ0v) is 26.8. The Balaban J connectivity index is 1.37. The van der Waals surface area contributed by atoms with Gasteiger partial charge in [0.1, 0.15) is 22.9 Å². The van der Waals surface area contributed by atoms with Gasteiger partial charge in [-0.1, -0.05) is 37.1 Å². The number of aromatic hydroxyl groups is 1. The lowest BCUT2D eigenvalue weighted by Crippen LogP contribution is -2.43. The number of phenols is 1. The third-order valence-electron chi connectivity index (χ3n) is 8.53. The maximum Gasteiger partial charge on any atom is 0.303 e. The van der Waals surface area contributed by atoms with E-state index in [0.717, 1.165) is 35.1 Å². The molecule has 2 heterocycles. The monoisotopic (exact) mass is 648 g/mol. The van der Waals surface area contributed by atoms with Crippen LogP contribution >= 0.6 is 0 Å². The number of hydrogen-bond donors (Lipinski definition) is 3. The molecule has 0 radical (unpaired) electrons. The lowest BCUT2D eigenvalue weighted by Gasteiger charge is -2.31. The second kappa shape index (κ2) is 14.4. The van der Waals surface area contributed by atoms with E-state index in [1.54, 1.807) is 62.6 Å². The molecular weight excluding hydrogens is 608 g/mol. The molecule has 1 saturated heterocycles. The van der Waals surface area contributed by atoms with Gasteiger partial charge in [-0.05, 0) is 97.0 Å². The average molecular weight is 649 g/mol. The number of ether oxygens (including phenoxy) is 2. The van der Waals surface area contributed by atoms with Gasteiger partial charge in [0.05, 0.1) is 18.9 Å². The molecule has 3 unspecified atom stereocenters. The number of carboxylic acids is 1. The molecule has 3 aromatic carbocycles. The molecule has 244 valence electrons. The Morgan fingerprint density at radius 2 is 1.50 bits per heavy atom. The van der Waals surface area contributed by atoms with E-state index in [9.17, 15) is 23.1 Å². The van der Waals surface area contributed by atoms with Gasteiger partial charge in [-0.2, -0.15) is 0 Å². The number of sulfonamides is 1. The summed E-state index contributed by atoms with van der Waals surface area (Å²) in [6.07, 6.45) is 2.44. The van der Waals surface area contributed by atoms with Crippen LogP contribution < -0.4 is 14.4 Å². The van der Waals surface area contributed by atoms with Gasteiger partial charge < -0.3 is 25.0 Å². The van der Waals surface area contributed by atoms with Crippen molar-refractivity contribution >= 4 is 44.4 Å². The van der Waals surface area contributed by atoms with Crippen LogP contribution in [0.4, 0.5) is 11.4 Å². The number of nitrogens with zero attached hydrogens (tertiary/aromatic N) is 1. The summed E-state index contributed by atoms with van der Waals surface area (Å²) in [4.78, 5) is 23.2. The number of carboxylic acid groups (broad SMARTS) is 1. The van der Waals surface area contributed by atoms with Gasteiger partial charge >= 0.3 is 5.97 Å². The number of hydrogen-bond acceptors (Lipinski definition) is 7. The normalized spacial score (nSPS) is 18.9. The Labute approximate surface area is 269 Å². The van der Waals surface area contributed by atoms with Crippen molar-refractivity contribution in [1.82, 2.24) is 0 Å². The number of rotatable bonds is 15. The number of amides is 1. The van der Waals surface area contributed by atoms with Crippen molar-refractivity contribution in [1.29, 1.82) is 0 Å².